The molecule has 0 unspecified atom stereocenters. The van der Waals surface area contributed by atoms with Gasteiger partial charge in [0, 0.05) is 15.6 Å². The van der Waals surface area contributed by atoms with Crippen molar-refractivity contribution in [3.63, 3.8) is 0 Å². The van der Waals surface area contributed by atoms with Crippen LogP contribution in [-0.4, -0.2) is 9.58 Å². The maximum absolute atomic E-state index is 5.38. The highest BCUT2D eigenvalue weighted by Crippen LogP contribution is 2.26. The molecule has 1 heterocycles. The Morgan fingerprint density at radius 1 is 1.27 bits per heavy atom. The third kappa shape index (κ3) is 2.22. The second-order valence-electron chi connectivity index (χ2n) is 3.38. The standard InChI is InChI=1S/C12H12INO/c1-9-11(7-8-13)12(15-14-9)10-5-3-2-4-6-10/h2-6H,7-8H2,1H3. The molecule has 0 saturated heterocycles. The van der Waals surface area contributed by atoms with Gasteiger partial charge in [-0.2, -0.15) is 0 Å². The minimum Gasteiger partial charge on any atom is -0.356 e. The highest BCUT2D eigenvalue weighted by atomic mass is 127. The Morgan fingerprint density at radius 3 is 2.67 bits per heavy atom. The molecule has 1 aromatic heterocycles. The fraction of sp³-hybridized carbons (Fsp3) is 0.250. The van der Waals surface area contributed by atoms with Crippen LogP contribution < -0.4 is 0 Å². The van der Waals surface area contributed by atoms with E-state index in [1.54, 1.807) is 0 Å². The lowest BCUT2D eigenvalue weighted by Crippen LogP contribution is -1.89. The zero-order valence-electron chi connectivity index (χ0n) is 8.53. The van der Waals surface area contributed by atoms with Crippen LogP contribution in [0.5, 0.6) is 0 Å². The third-order valence-corrected chi connectivity index (χ3v) is 2.90. The molecule has 0 aliphatic rings. The predicted octanol–water partition coefficient (Wildman–Crippen LogP) is 3.63. The van der Waals surface area contributed by atoms with E-state index in [0.717, 1.165) is 27.9 Å². The number of halogens is 1. The van der Waals surface area contributed by atoms with Crippen LogP contribution in [0.25, 0.3) is 11.3 Å². The molecular weight excluding hydrogens is 301 g/mol. The van der Waals surface area contributed by atoms with Crippen LogP contribution in [0.2, 0.25) is 0 Å². The molecular formula is C12H12INO. The second-order valence-corrected chi connectivity index (χ2v) is 4.46. The smallest absolute Gasteiger partial charge is 0.170 e. The van der Waals surface area contributed by atoms with Crippen molar-refractivity contribution in [3.05, 3.63) is 41.6 Å². The summed E-state index contributed by atoms with van der Waals surface area (Å²) < 4.78 is 6.46. The Morgan fingerprint density at radius 2 is 2.00 bits per heavy atom. The van der Waals surface area contributed by atoms with Crippen LogP contribution in [-0.2, 0) is 6.42 Å². The van der Waals surface area contributed by atoms with E-state index in [-0.39, 0.29) is 0 Å². The molecule has 0 aliphatic carbocycles. The van der Waals surface area contributed by atoms with Gasteiger partial charge in [-0.3, -0.25) is 0 Å². The molecule has 15 heavy (non-hydrogen) atoms. The summed E-state index contributed by atoms with van der Waals surface area (Å²) in [7, 11) is 0. The van der Waals surface area contributed by atoms with Gasteiger partial charge in [-0.15, -0.1) is 0 Å². The first-order valence-corrected chi connectivity index (χ1v) is 6.42. The molecule has 2 rings (SSSR count). The Balaban J connectivity index is 2.44. The van der Waals surface area contributed by atoms with Crippen molar-refractivity contribution < 1.29 is 4.52 Å². The number of alkyl halides is 1. The molecule has 0 amide bonds. The van der Waals surface area contributed by atoms with Gasteiger partial charge < -0.3 is 4.52 Å². The molecule has 0 aliphatic heterocycles. The number of benzene rings is 1. The molecule has 3 heteroatoms. The van der Waals surface area contributed by atoms with E-state index < -0.39 is 0 Å². The molecule has 1 aromatic carbocycles. The van der Waals surface area contributed by atoms with Gasteiger partial charge in [-0.1, -0.05) is 58.1 Å². The van der Waals surface area contributed by atoms with Gasteiger partial charge in [0.25, 0.3) is 0 Å². The van der Waals surface area contributed by atoms with Gasteiger partial charge >= 0.3 is 0 Å². The molecule has 0 N–H and O–H groups in total. The van der Waals surface area contributed by atoms with Crippen molar-refractivity contribution in [1.82, 2.24) is 5.16 Å². The molecule has 0 saturated carbocycles. The van der Waals surface area contributed by atoms with Crippen LogP contribution in [0, 0.1) is 6.92 Å². The van der Waals surface area contributed by atoms with Gasteiger partial charge in [0.2, 0.25) is 0 Å². The number of nitrogens with zero attached hydrogens (tertiary/aromatic N) is 1. The van der Waals surface area contributed by atoms with Gasteiger partial charge in [0.1, 0.15) is 0 Å². The van der Waals surface area contributed by atoms with Crippen LogP contribution in [0.15, 0.2) is 34.9 Å². The monoisotopic (exact) mass is 313 g/mol. The molecule has 78 valence electrons. The van der Waals surface area contributed by atoms with Crippen molar-refractivity contribution in [1.29, 1.82) is 0 Å². The Kier molecular flexibility index (Phi) is 3.41. The maximum atomic E-state index is 5.38. The fourth-order valence-corrected chi connectivity index (χ4v) is 2.13. The van der Waals surface area contributed by atoms with Crippen molar-refractivity contribution in [3.8, 4) is 11.3 Å². The largest absolute Gasteiger partial charge is 0.356 e. The SMILES string of the molecule is Cc1noc(-c2ccccc2)c1CCI. The first-order chi connectivity index (χ1) is 7.33. The summed E-state index contributed by atoms with van der Waals surface area (Å²) in [6.45, 7) is 2.00. The molecule has 0 fully saturated rings. The van der Waals surface area contributed by atoms with Gasteiger partial charge in [-0.25, -0.2) is 0 Å². The summed E-state index contributed by atoms with van der Waals surface area (Å²) >= 11 is 2.37. The molecule has 2 nitrogen and oxygen atoms in total. The lowest BCUT2D eigenvalue weighted by Gasteiger charge is -1.99. The van der Waals surface area contributed by atoms with Gasteiger partial charge in [0.15, 0.2) is 5.76 Å². The lowest BCUT2D eigenvalue weighted by atomic mass is 10.1. The van der Waals surface area contributed by atoms with Crippen molar-refractivity contribution >= 4 is 22.6 Å². The molecule has 0 atom stereocenters. The third-order valence-electron chi connectivity index (χ3n) is 2.37. The van der Waals surface area contributed by atoms with E-state index in [0.29, 0.717) is 0 Å². The molecule has 0 bridgehead atoms. The van der Waals surface area contributed by atoms with Crippen LogP contribution >= 0.6 is 22.6 Å². The maximum Gasteiger partial charge on any atom is 0.170 e. The van der Waals surface area contributed by atoms with Crippen molar-refractivity contribution in [2.75, 3.05) is 4.43 Å². The Hall–Kier alpha value is -0.840. The summed E-state index contributed by atoms with van der Waals surface area (Å²) in [5.74, 6) is 0.921. The second kappa shape index (κ2) is 4.79. The van der Waals surface area contributed by atoms with Crippen LogP contribution in [0.1, 0.15) is 11.3 Å². The minimum absolute atomic E-state index is 0.921. The topological polar surface area (TPSA) is 26.0 Å². The minimum atomic E-state index is 0.921. The molecule has 2 aromatic rings. The number of hydrogen-bond acceptors (Lipinski definition) is 2. The fourth-order valence-electron chi connectivity index (χ4n) is 1.59. The van der Waals surface area contributed by atoms with E-state index in [9.17, 15) is 0 Å². The van der Waals surface area contributed by atoms with Crippen LogP contribution in [0.4, 0.5) is 0 Å². The van der Waals surface area contributed by atoms with E-state index >= 15 is 0 Å². The normalized spacial score (nSPS) is 10.5. The highest BCUT2D eigenvalue weighted by Gasteiger charge is 2.13. The number of aromatic nitrogens is 1. The average Bonchev–Trinajstić information content (AvgIpc) is 2.63. The van der Waals surface area contributed by atoms with Crippen LogP contribution in [0.3, 0.4) is 0 Å². The summed E-state index contributed by atoms with van der Waals surface area (Å²) in [4.78, 5) is 0. The summed E-state index contributed by atoms with van der Waals surface area (Å²) in [5, 5.41) is 4.03. The van der Waals surface area contributed by atoms with Crippen molar-refractivity contribution in [2.24, 2.45) is 0 Å². The first kappa shape index (κ1) is 10.7. The quantitative estimate of drug-likeness (QED) is 0.639. The van der Waals surface area contributed by atoms with Gasteiger partial charge in [-0.05, 0) is 13.3 Å². The summed E-state index contributed by atoms with van der Waals surface area (Å²) in [6.07, 6.45) is 1.01. The predicted molar refractivity (Wildman–Crippen MR) is 69.3 cm³/mol. The Bertz CT molecular complexity index is 436. The average molecular weight is 313 g/mol. The van der Waals surface area contributed by atoms with Gasteiger partial charge in [0.05, 0.1) is 5.69 Å². The Labute approximate surface area is 103 Å². The van der Waals surface area contributed by atoms with E-state index in [4.69, 9.17) is 4.52 Å². The zero-order chi connectivity index (χ0) is 10.7. The summed E-state index contributed by atoms with van der Waals surface area (Å²) in [5.41, 5.74) is 3.35. The zero-order valence-corrected chi connectivity index (χ0v) is 10.7. The highest BCUT2D eigenvalue weighted by molar-refractivity contribution is 14.1. The van der Waals surface area contributed by atoms with E-state index in [1.165, 1.54) is 5.56 Å². The summed E-state index contributed by atoms with van der Waals surface area (Å²) in [6, 6.07) is 10.1. The first-order valence-electron chi connectivity index (χ1n) is 4.89. The number of rotatable bonds is 3. The molecule has 0 spiro atoms. The molecule has 0 radical (unpaired) electrons. The van der Waals surface area contributed by atoms with E-state index in [2.05, 4.69) is 39.9 Å². The number of hydrogen-bond donors (Lipinski definition) is 0. The number of aryl methyl sites for hydroxylation is 1. The van der Waals surface area contributed by atoms with E-state index in [1.807, 2.05) is 25.1 Å². The van der Waals surface area contributed by atoms with Crippen molar-refractivity contribution in [2.45, 2.75) is 13.3 Å². The lowest BCUT2D eigenvalue weighted by molar-refractivity contribution is 0.426.